The quantitative estimate of drug-likeness (QED) is 0.768. The van der Waals surface area contributed by atoms with Gasteiger partial charge in [0.1, 0.15) is 5.78 Å². The number of carbonyl (C=O) groups is 1. The number of rotatable bonds is 3. The highest BCUT2D eigenvalue weighted by atomic mass is 32.2. The van der Waals surface area contributed by atoms with Crippen molar-refractivity contribution < 1.29 is 4.79 Å². The average molecular weight is 264 g/mol. The number of thioether (sulfide) groups is 1. The Balaban J connectivity index is 1.48. The fourth-order valence-electron chi connectivity index (χ4n) is 5.81. The van der Waals surface area contributed by atoms with Crippen molar-refractivity contribution in [2.75, 3.05) is 11.5 Å². The lowest BCUT2D eigenvalue weighted by Gasteiger charge is -2.57. The topological polar surface area (TPSA) is 17.1 Å². The molecule has 0 amide bonds. The SMILES string of the molecule is O=C(CC12CC3CC(CC(C3)C1)C2)C1CCSC1. The molecule has 1 aliphatic heterocycles. The first-order chi connectivity index (χ1) is 8.72. The van der Waals surface area contributed by atoms with Gasteiger partial charge in [-0.15, -0.1) is 0 Å². The molecule has 5 aliphatic rings. The Labute approximate surface area is 114 Å². The van der Waals surface area contributed by atoms with Crippen LogP contribution in [0.4, 0.5) is 0 Å². The third kappa shape index (κ3) is 1.95. The van der Waals surface area contributed by atoms with Gasteiger partial charge < -0.3 is 0 Å². The van der Waals surface area contributed by atoms with Crippen LogP contribution in [0.15, 0.2) is 0 Å². The second-order valence-electron chi connectivity index (χ2n) is 7.62. The van der Waals surface area contributed by atoms with Crippen molar-refractivity contribution in [1.82, 2.24) is 0 Å². The van der Waals surface area contributed by atoms with Crippen LogP contribution in [0, 0.1) is 29.1 Å². The average Bonchev–Trinajstić information content (AvgIpc) is 2.79. The van der Waals surface area contributed by atoms with Gasteiger partial charge >= 0.3 is 0 Å². The Morgan fingerprint density at radius 2 is 1.67 bits per heavy atom. The molecule has 0 radical (unpaired) electrons. The van der Waals surface area contributed by atoms with Crippen molar-refractivity contribution in [3.63, 3.8) is 0 Å². The molecule has 5 rings (SSSR count). The van der Waals surface area contributed by atoms with Crippen molar-refractivity contribution in [2.45, 2.75) is 51.4 Å². The molecule has 2 heteroatoms. The number of ketones is 1. The molecular formula is C16H24OS. The third-order valence-electron chi connectivity index (χ3n) is 6.10. The van der Waals surface area contributed by atoms with Crippen molar-refractivity contribution in [2.24, 2.45) is 29.1 Å². The van der Waals surface area contributed by atoms with Gasteiger partial charge in [0, 0.05) is 18.1 Å². The van der Waals surface area contributed by atoms with E-state index in [4.69, 9.17) is 0 Å². The fraction of sp³-hybridized carbons (Fsp3) is 0.938. The molecule has 4 saturated carbocycles. The summed E-state index contributed by atoms with van der Waals surface area (Å²) >= 11 is 1.98. The van der Waals surface area contributed by atoms with Crippen LogP contribution < -0.4 is 0 Å². The largest absolute Gasteiger partial charge is 0.299 e. The molecule has 0 N–H and O–H groups in total. The van der Waals surface area contributed by atoms with Crippen LogP contribution >= 0.6 is 11.8 Å². The van der Waals surface area contributed by atoms with Gasteiger partial charge in [0.25, 0.3) is 0 Å². The first-order valence-electron chi connectivity index (χ1n) is 7.83. The van der Waals surface area contributed by atoms with Gasteiger partial charge in [-0.3, -0.25) is 4.79 Å². The van der Waals surface area contributed by atoms with E-state index in [1.165, 1.54) is 44.3 Å². The summed E-state index contributed by atoms with van der Waals surface area (Å²) in [6.45, 7) is 0. The van der Waals surface area contributed by atoms with Gasteiger partial charge in [-0.25, -0.2) is 0 Å². The van der Waals surface area contributed by atoms with Gasteiger partial charge in [-0.05, 0) is 73.9 Å². The summed E-state index contributed by atoms with van der Waals surface area (Å²) in [5.74, 6) is 6.35. The molecule has 0 aromatic carbocycles. The van der Waals surface area contributed by atoms with Crippen LogP contribution in [-0.2, 0) is 4.79 Å². The van der Waals surface area contributed by atoms with Crippen molar-refractivity contribution in [3.05, 3.63) is 0 Å². The van der Waals surface area contributed by atoms with E-state index in [-0.39, 0.29) is 0 Å². The lowest BCUT2D eigenvalue weighted by molar-refractivity contribution is -0.130. The number of hydrogen-bond acceptors (Lipinski definition) is 2. The van der Waals surface area contributed by atoms with Crippen molar-refractivity contribution in [1.29, 1.82) is 0 Å². The third-order valence-corrected chi connectivity index (χ3v) is 7.26. The zero-order chi connectivity index (χ0) is 12.2. The summed E-state index contributed by atoms with van der Waals surface area (Å²) in [6, 6.07) is 0. The molecule has 4 bridgehead atoms. The molecular weight excluding hydrogens is 240 g/mol. The predicted molar refractivity (Wildman–Crippen MR) is 75.7 cm³/mol. The number of hydrogen-bond donors (Lipinski definition) is 0. The van der Waals surface area contributed by atoms with E-state index in [0.29, 0.717) is 17.1 Å². The molecule has 1 unspecified atom stereocenters. The normalized spacial score (nSPS) is 49.8. The van der Waals surface area contributed by atoms with Crippen molar-refractivity contribution in [3.8, 4) is 0 Å². The van der Waals surface area contributed by atoms with Gasteiger partial charge in [0.2, 0.25) is 0 Å². The number of Topliss-reactive ketones (excluding diaryl/α,β-unsaturated/α-hetero) is 1. The molecule has 1 heterocycles. The lowest BCUT2D eigenvalue weighted by Crippen LogP contribution is -2.47. The summed E-state index contributed by atoms with van der Waals surface area (Å²) < 4.78 is 0. The Hall–Kier alpha value is 0.0200. The highest BCUT2D eigenvalue weighted by Crippen LogP contribution is 2.61. The number of carbonyl (C=O) groups excluding carboxylic acids is 1. The van der Waals surface area contributed by atoms with Gasteiger partial charge in [-0.2, -0.15) is 11.8 Å². The molecule has 100 valence electrons. The van der Waals surface area contributed by atoms with Gasteiger partial charge in [-0.1, -0.05) is 0 Å². The molecule has 1 nitrogen and oxygen atoms in total. The van der Waals surface area contributed by atoms with Crippen LogP contribution in [-0.4, -0.2) is 17.3 Å². The molecule has 1 atom stereocenters. The lowest BCUT2D eigenvalue weighted by atomic mass is 9.48. The van der Waals surface area contributed by atoms with E-state index in [1.807, 2.05) is 11.8 Å². The van der Waals surface area contributed by atoms with E-state index in [0.717, 1.165) is 36.3 Å². The first-order valence-corrected chi connectivity index (χ1v) is 8.98. The zero-order valence-corrected chi connectivity index (χ0v) is 12.0. The van der Waals surface area contributed by atoms with Crippen LogP contribution in [0.2, 0.25) is 0 Å². The van der Waals surface area contributed by atoms with Crippen LogP contribution in [0.25, 0.3) is 0 Å². The Morgan fingerprint density at radius 3 is 2.17 bits per heavy atom. The Bertz CT molecular complexity index is 321. The summed E-state index contributed by atoms with van der Waals surface area (Å²) in [4.78, 5) is 12.5. The zero-order valence-electron chi connectivity index (χ0n) is 11.2. The van der Waals surface area contributed by atoms with E-state index in [1.54, 1.807) is 0 Å². The second-order valence-corrected chi connectivity index (χ2v) is 8.77. The molecule has 0 aromatic rings. The highest BCUT2D eigenvalue weighted by molar-refractivity contribution is 7.99. The van der Waals surface area contributed by atoms with E-state index >= 15 is 0 Å². The van der Waals surface area contributed by atoms with E-state index in [9.17, 15) is 4.79 Å². The molecule has 1 saturated heterocycles. The predicted octanol–water partition coefficient (Wildman–Crippen LogP) is 3.92. The Morgan fingerprint density at radius 1 is 1.06 bits per heavy atom. The van der Waals surface area contributed by atoms with E-state index < -0.39 is 0 Å². The Kier molecular flexibility index (Phi) is 2.80. The molecule has 5 fully saturated rings. The molecule has 4 aliphatic carbocycles. The maximum absolute atomic E-state index is 12.5. The standard InChI is InChI=1S/C16H24OS/c17-15(14-1-2-18-10-14)9-16-6-11-3-12(7-16)5-13(4-11)8-16/h11-14H,1-10H2. The van der Waals surface area contributed by atoms with Crippen molar-refractivity contribution >= 4 is 17.5 Å². The summed E-state index contributed by atoms with van der Waals surface area (Å²) in [5.41, 5.74) is 0.471. The van der Waals surface area contributed by atoms with Crippen LogP contribution in [0.5, 0.6) is 0 Å². The first kappa shape index (κ1) is 11.8. The maximum atomic E-state index is 12.5. The molecule has 0 spiro atoms. The van der Waals surface area contributed by atoms with Crippen LogP contribution in [0.1, 0.15) is 51.4 Å². The molecule has 0 aromatic heterocycles. The second kappa shape index (κ2) is 4.26. The van der Waals surface area contributed by atoms with E-state index in [2.05, 4.69) is 0 Å². The highest BCUT2D eigenvalue weighted by Gasteiger charge is 2.51. The minimum absolute atomic E-state index is 0.419. The monoisotopic (exact) mass is 264 g/mol. The maximum Gasteiger partial charge on any atom is 0.137 e. The van der Waals surface area contributed by atoms with Crippen LogP contribution in [0.3, 0.4) is 0 Å². The molecule has 18 heavy (non-hydrogen) atoms. The van der Waals surface area contributed by atoms with Gasteiger partial charge in [0.15, 0.2) is 0 Å². The fourth-order valence-corrected chi connectivity index (χ4v) is 7.06. The smallest absolute Gasteiger partial charge is 0.137 e. The minimum Gasteiger partial charge on any atom is -0.299 e. The summed E-state index contributed by atoms with van der Waals surface area (Å²) in [7, 11) is 0. The minimum atomic E-state index is 0.419. The summed E-state index contributed by atoms with van der Waals surface area (Å²) in [5, 5.41) is 0. The summed E-state index contributed by atoms with van der Waals surface area (Å²) in [6.07, 6.45) is 10.8. The van der Waals surface area contributed by atoms with Gasteiger partial charge in [0.05, 0.1) is 0 Å².